The highest BCUT2D eigenvalue weighted by molar-refractivity contribution is 5.31. The van der Waals surface area contributed by atoms with Crippen LogP contribution < -0.4 is 10.1 Å². The van der Waals surface area contributed by atoms with Crippen molar-refractivity contribution >= 4 is 0 Å². The first-order chi connectivity index (χ1) is 9.83. The van der Waals surface area contributed by atoms with Crippen molar-refractivity contribution in [1.29, 1.82) is 0 Å². The fraction of sp³-hybridized carbons (Fsp3) is 0.647. The van der Waals surface area contributed by atoms with Gasteiger partial charge in [0, 0.05) is 19.3 Å². The maximum atomic E-state index is 5.88. The molecule has 1 saturated carbocycles. The Bertz CT molecular complexity index is 390. The molecule has 1 aliphatic carbocycles. The molecule has 0 radical (unpaired) electrons. The van der Waals surface area contributed by atoms with E-state index in [2.05, 4.69) is 43.4 Å². The molecular formula is C17H27NO2. The summed E-state index contributed by atoms with van der Waals surface area (Å²) in [6.07, 6.45) is 4.94. The van der Waals surface area contributed by atoms with E-state index in [1.165, 1.54) is 18.4 Å². The fourth-order valence-electron chi connectivity index (χ4n) is 2.26. The van der Waals surface area contributed by atoms with Gasteiger partial charge in [0.15, 0.2) is 0 Å². The van der Waals surface area contributed by atoms with E-state index < -0.39 is 0 Å². The second-order valence-electron chi connectivity index (χ2n) is 5.40. The zero-order valence-electron chi connectivity index (χ0n) is 12.7. The molecule has 1 N–H and O–H groups in total. The maximum absolute atomic E-state index is 5.88. The van der Waals surface area contributed by atoms with Crippen LogP contribution in [0.15, 0.2) is 24.3 Å². The number of hydrogen-bond acceptors (Lipinski definition) is 3. The molecule has 0 aliphatic heterocycles. The molecule has 1 atom stereocenters. The predicted octanol–water partition coefficient (Wildman–Crippen LogP) is 3.70. The van der Waals surface area contributed by atoms with Crippen LogP contribution in [0.1, 0.15) is 51.1 Å². The quantitative estimate of drug-likeness (QED) is 0.662. The zero-order chi connectivity index (χ0) is 14.2. The van der Waals surface area contributed by atoms with Crippen LogP contribution in [0.5, 0.6) is 5.75 Å². The molecule has 1 fully saturated rings. The lowest BCUT2D eigenvalue weighted by Gasteiger charge is -2.19. The SMILES string of the molecule is CCCOCCC(NCC)c1cccc(OC2CC2)c1. The van der Waals surface area contributed by atoms with Crippen molar-refractivity contribution in [1.82, 2.24) is 5.32 Å². The van der Waals surface area contributed by atoms with E-state index in [1.54, 1.807) is 0 Å². The molecule has 112 valence electrons. The molecule has 2 rings (SSSR count). The van der Waals surface area contributed by atoms with Crippen LogP contribution in [0.25, 0.3) is 0 Å². The molecule has 0 bridgehead atoms. The first-order valence-electron chi connectivity index (χ1n) is 7.91. The normalized spacial score (nSPS) is 16.1. The van der Waals surface area contributed by atoms with Gasteiger partial charge in [0.1, 0.15) is 5.75 Å². The van der Waals surface area contributed by atoms with Crippen LogP contribution >= 0.6 is 0 Å². The van der Waals surface area contributed by atoms with Gasteiger partial charge in [0.25, 0.3) is 0 Å². The van der Waals surface area contributed by atoms with Crippen molar-refractivity contribution in [2.45, 2.75) is 51.7 Å². The van der Waals surface area contributed by atoms with Crippen molar-refractivity contribution in [3.05, 3.63) is 29.8 Å². The lowest BCUT2D eigenvalue weighted by molar-refractivity contribution is 0.124. The summed E-state index contributed by atoms with van der Waals surface area (Å²) in [7, 11) is 0. The molecule has 0 heterocycles. The van der Waals surface area contributed by atoms with E-state index in [9.17, 15) is 0 Å². The molecule has 0 saturated heterocycles. The third-order valence-electron chi connectivity index (χ3n) is 3.44. The topological polar surface area (TPSA) is 30.5 Å². The highest BCUT2D eigenvalue weighted by Gasteiger charge is 2.23. The first-order valence-corrected chi connectivity index (χ1v) is 7.91. The van der Waals surface area contributed by atoms with Gasteiger partial charge in [-0.25, -0.2) is 0 Å². The first kappa shape index (κ1) is 15.3. The highest BCUT2D eigenvalue weighted by atomic mass is 16.5. The number of rotatable bonds is 10. The Kier molecular flexibility index (Phi) is 6.34. The van der Waals surface area contributed by atoms with Gasteiger partial charge in [-0.3, -0.25) is 0 Å². The van der Waals surface area contributed by atoms with E-state index in [4.69, 9.17) is 9.47 Å². The summed E-state index contributed by atoms with van der Waals surface area (Å²) in [5.74, 6) is 1.00. The Morgan fingerprint density at radius 1 is 1.25 bits per heavy atom. The summed E-state index contributed by atoms with van der Waals surface area (Å²) in [5, 5.41) is 3.54. The monoisotopic (exact) mass is 277 g/mol. The van der Waals surface area contributed by atoms with Gasteiger partial charge in [-0.05, 0) is 49.9 Å². The van der Waals surface area contributed by atoms with Crippen molar-refractivity contribution in [2.75, 3.05) is 19.8 Å². The van der Waals surface area contributed by atoms with Crippen molar-refractivity contribution < 1.29 is 9.47 Å². The number of nitrogens with one attached hydrogen (secondary N) is 1. The Morgan fingerprint density at radius 2 is 2.10 bits per heavy atom. The van der Waals surface area contributed by atoms with Crippen LogP contribution in [-0.4, -0.2) is 25.9 Å². The lowest BCUT2D eigenvalue weighted by Crippen LogP contribution is -2.22. The van der Waals surface area contributed by atoms with E-state index >= 15 is 0 Å². The van der Waals surface area contributed by atoms with Gasteiger partial charge in [-0.2, -0.15) is 0 Å². The summed E-state index contributed by atoms with van der Waals surface area (Å²) in [6, 6.07) is 8.83. The Morgan fingerprint density at radius 3 is 2.80 bits per heavy atom. The summed E-state index contributed by atoms with van der Waals surface area (Å²) >= 11 is 0. The van der Waals surface area contributed by atoms with Crippen molar-refractivity contribution in [3.63, 3.8) is 0 Å². The van der Waals surface area contributed by atoms with E-state index in [0.29, 0.717) is 12.1 Å². The third kappa shape index (κ3) is 5.14. The summed E-state index contributed by atoms with van der Waals surface area (Å²) in [6.45, 7) is 6.90. The van der Waals surface area contributed by atoms with Gasteiger partial charge in [0.2, 0.25) is 0 Å². The fourth-order valence-corrected chi connectivity index (χ4v) is 2.26. The van der Waals surface area contributed by atoms with E-state index in [0.717, 1.165) is 38.3 Å². The summed E-state index contributed by atoms with van der Waals surface area (Å²) in [5.41, 5.74) is 1.30. The molecule has 1 aromatic carbocycles. The molecule has 20 heavy (non-hydrogen) atoms. The highest BCUT2D eigenvalue weighted by Crippen LogP contribution is 2.28. The van der Waals surface area contributed by atoms with Crippen LogP contribution in [0, 0.1) is 0 Å². The van der Waals surface area contributed by atoms with Crippen LogP contribution in [0.4, 0.5) is 0 Å². The second kappa shape index (κ2) is 8.28. The zero-order valence-corrected chi connectivity index (χ0v) is 12.7. The average Bonchev–Trinajstić information content (AvgIpc) is 3.26. The van der Waals surface area contributed by atoms with Gasteiger partial charge in [-0.1, -0.05) is 26.0 Å². The van der Waals surface area contributed by atoms with Crippen molar-refractivity contribution in [2.24, 2.45) is 0 Å². The van der Waals surface area contributed by atoms with Crippen LogP contribution in [0.2, 0.25) is 0 Å². The molecule has 3 nitrogen and oxygen atoms in total. The molecule has 1 aliphatic rings. The molecule has 1 unspecified atom stereocenters. The minimum Gasteiger partial charge on any atom is -0.490 e. The van der Waals surface area contributed by atoms with E-state index in [1.807, 2.05) is 0 Å². The minimum atomic E-state index is 0.347. The maximum Gasteiger partial charge on any atom is 0.120 e. The molecule has 0 spiro atoms. The Hall–Kier alpha value is -1.06. The standard InChI is InChI=1S/C17H27NO2/c1-3-11-19-12-10-17(18-4-2)14-6-5-7-16(13-14)20-15-8-9-15/h5-7,13,15,17-18H,3-4,8-12H2,1-2H3. The third-order valence-corrected chi connectivity index (χ3v) is 3.44. The van der Waals surface area contributed by atoms with Gasteiger partial charge >= 0.3 is 0 Å². The largest absolute Gasteiger partial charge is 0.490 e. The van der Waals surface area contributed by atoms with Gasteiger partial charge in [-0.15, -0.1) is 0 Å². The van der Waals surface area contributed by atoms with Crippen LogP contribution in [0.3, 0.4) is 0 Å². The van der Waals surface area contributed by atoms with Gasteiger partial charge < -0.3 is 14.8 Å². The second-order valence-corrected chi connectivity index (χ2v) is 5.40. The van der Waals surface area contributed by atoms with Crippen molar-refractivity contribution in [3.8, 4) is 5.75 Å². The Balaban J connectivity index is 1.92. The lowest BCUT2D eigenvalue weighted by atomic mass is 10.0. The molecular weight excluding hydrogens is 250 g/mol. The van der Waals surface area contributed by atoms with E-state index in [-0.39, 0.29) is 0 Å². The molecule has 3 heteroatoms. The summed E-state index contributed by atoms with van der Waals surface area (Å²) in [4.78, 5) is 0. The predicted molar refractivity (Wildman–Crippen MR) is 82.2 cm³/mol. The number of ether oxygens (including phenoxy) is 2. The van der Waals surface area contributed by atoms with Crippen LogP contribution in [-0.2, 0) is 4.74 Å². The number of benzene rings is 1. The summed E-state index contributed by atoms with van der Waals surface area (Å²) < 4.78 is 11.5. The molecule has 0 amide bonds. The van der Waals surface area contributed by atoms with Gasteiger partial charge in [0.05, 0.1) is 6.10 Å². The molecule has 1 aromatic rings. The number of hydrogen-bond donors (Lipinski definition) is 1. The molecule has 0 aromatic heterocycles. The Labute approximate surface area is 122 Å². The minimum absolute atomic E-state index is 0.347. The smallest absolute Gasteiger partial charge is 0.120 e. The average molecular weight is 277 g/mol.